The van der Waals surface area contributed by atoms with E-state index in [9.17, 15) is 9.90 Å². The quantitative estimate of drug-likeness (QED) is 0.727. The average molecular weight is 367 g/mol. The minimum atomic E-state index is -0.525. The lowest BCUT2D eigenvalue weighted by Crippen LogP contribution is -2.33. The van der Waals surface area contributed by atoms with Gasteiger partial charge >= 0.3 is 5.69 Å². The zero-order chi connectivity index (χ0) is 18.8. The summed E-state index contributed by atoms with van der Waals surface area (Å²) in [6.45, 7) is 2.65. The van der Waals surface area contributed by atoms with Crippen LogP contribution in [0, 0.1) is 6.92 Å². The molecule has 8 heteroatoms. The van der Waals surface area contributed by atoms with Gasteiger partial charge in [0.25, 0.3) is 0 Å². The van der Waals surface area contributed by atoms with Crippen molar-refractivity contribution in [3.63, 3.8) is 0 Å². The van der Waals surface area contributed by atoms with Crippen LogP contribution in [-0.2, 0) is 19.0 Å². The Morgan fingerprint density at radius 1 is 1.37 bits per heavy atom. The van der Waals surface area contributed by atoms with Gasteiger partial charge < -0.3 is 15.2 Å². The molecule has 0 atom stereocenters. The molecule has 5 rings (SSSR count). The molecule has 27 heavy (non-hydrogen) atoms. The van der Waals surface area contributed by atoms with Crippen LogP contribution in [0.2, 0.25) is 0 Å². The van der Waals surface area contributed by atoms with Gasteiger partial charge in [0.05, 0.1) is 24.9 Å². The number of benzene rings is 1. The molecule has 3 heterocycles. The Labute approximate surface area is 155 Å². The Morgan fingerprint density at radius 3 is 2.93 bits per heavy atom. The van der Waals surface area contributed by atoms with Gasteiger partial charge in [-0.3, -0.25) is 9.13 Å². The number of aryl methyl sites for hydroxylation is 2. The van der Waals surface area contributed by atoms with Crippen molar-refractivity contribution in [2.24, 2.45) is 7.05 Å². The van der Waals surface area contributed by atoms with E-state index in [-0.39, 0.29) is 12.3 Å². The van der Waals surface area contributed by atoms with Crippen LogP contribution in [0.5, 0.6) is 5.75 Å². The van der Waals surface area contributed by atoms with Gasteiger partial charge in [-0.25, -0.2) is 9.78 Å². The summed E-state index contributed by atoms with van der Waals surface area (Å²) in [6, 6.07) is 4.09. The second-order valence-electron chi connectivity index (χ2n) is 7.46. The summed E-state index contributed by atoms with van der Waals surface area (Å²) >= 11 is 0. The number of anilines is 2. The van der Waals surface area contributed by atoms with Crippen molar-refractivity contribution < 1.29 is 9.84 Å². The summed E-state index contributed by atoms with van der Waals surface area (Å²) in [5.74, 6) is 1.36. The first-order valence-corrected chi connectivity index (χ1v) is 9.12. The normalized spacial score (nSPS) is 17.0. The van der Waals surface area contributed by atoms with Gasteiger partial charge in [-0.05, 0) is 43.0 Å². The molecule has 1 aromatic carbocycles. The minimum Gasteiger partial charge on any atom is -0.493 e. The molecule has 0 amide bonds. The number of nitrogens with one attached hydrogen (secondary N) is 1. The second-order valence-corrected chi connectivity index (χ2v) is 7.46. The predicted molar refractivity (Wildman–Crippen MR) is 101 cm³/mol. The van der Waals surface area contributed by atoms with Gasteiger partial charge in [-0.1, -0.05) is 0 Å². The molecule has 1 saturated carbocycles. The van der Waals surface area contributed by atoms with E-state index in [1.165, 1.54) is 4.57 Å². The molecule has 0 unspecified atom stereocenters. The number of fused-ring (bicyclic) bond motifs is 2. The molecule has 0 spiro atoms. The van der Waals surface area contributed by atoms with Crippen LogP contribution in [0.1, 0.15) is 24.0 Å². The number of imidazole rings is 1. The largest absolute Gasteiger partial charge is 0.493 e. The maximum Gasteiger partial charge on any atom is 0.330 e. The fraction of sp³-hybridized carbons (Fsp3) is 0.421. The maximum absolute atomic E-state index is 12.7. The van der Waals surface area contributed by atoms with Crippen LogP contribution in [-0.4, -0.2) is 37.4 Å². The van der Waals surface area contributed by atoms with E-state index in [0.29, 0.717) is 23.7 Å². The van der Waals surface area contributed by atoms with Crippen LogP contribution in [0.4, 0.5) is 11.6 Å². The molecule has 2 aliphatic rings. The van der Waals surface area contributed by atoms with Crippen molar-refractivity contribution in [1.29, 1.82) is 0 Å². The van der Waals surface area contributed by atoms with Crippen LogP contribution in [0.15, 0.2) is 23.1 Å². The Kier molecular flexibility index (Phi) is 3.36. The SMILES string of the molecule is Cc1cc2c(cc1Nc1ncc3c(n1)n(C1(CO)CC1)c(=O)n3C)CCO2. The highest BCUT2D eigenvalue weighted by Gasteiger charge is 2.47. The molecule has 140 valence electrons. The average Bonchev–Trinajstić information content (AvgIpc) is 3.25. The second kappa shape index (κ2) is 5.56. The summed E-state index contributed by atoms with van der Waals surface area (Å²) in [4.78, 5) is 21.7. The van der Waals surface area contributed by atoms with E-state index in [4.69, 9.17) is 4.74 Å². The van der Waals surface area contributed by atoms with Crippen LogP contribution in [0.25, 0.3) is 11.2 Å². The Balaban J connectivity index is 1.60. The number of aromatic nitrogens is 4. The third-order valence-corrected chi connectivity index (χ3v) is 5.68. The van der Waals surface area contributed by atoms with Gasteiger partial charge in [0.1, 0.15) is 11.3 Å². The van der Waals surface area contributed by atoms with Crippen LogP contribution >= 0.6 is 0 Å². The van der Waals surface area contributed by atoms with Crippen LogP contribution < -0.4 is 15.7 Å². The fourth-order valence-electron chi connectivity index (χ4n) is 3.78. The molecule has 0 bridgehead atoms. The lowest BCUT2D eigenvalue weighted by atomic mass is 10.1. The Bertz CT molecular complexity index is 1130. The lowest BCUT2D eigenvalue weighted by molar-refractivity contribution is 0.212. The molecule has 0 saturated heterocycles. The Morgan fingerprint density at radius 2 is 2.19 bits per heavy atom. The molecule has 1 fully saturated rings. The topological polar surface area (TPSA) is 94.2 Å². The highest BCUT2D eigenvalue weighted by molar-refractivity contribution is 5.74. The number of hydrogen-bond acceptors (Lipinski definition) is 6. The fourth-order valence-corrected chi connectivity index (χ4v) is 3.78. The highest BCUT2D eigenvalue weighted by atomic mass is 16.5. The number of aliphatic hydroxyl groups excluding tert-OH is 1. The smallest absolute Gasteiger partial charge is 0.330 e. The van der Waals surface area contributed by atoms with E-state index in [0.717, 1.165) is 41.8 Å². The van der Waals surface area contributed by atoms with Gasteiger partial charge in [0.15, 0.2) is 5.65 Å². The molecule has 2 aromatic heterocycles. The van der Waals surface area contributed by atoms with E-state index in [1.807, 2.05) is 13.0 Å². The molecular weight excluding hydrogens is 346 g/mol. The predicted octanol–water partition coefficient (Wildman–Crippen LogP) is 1.60. The van der Waals surface area contributed by atoms with E-state index in [1.54, 1.807) is 17.8 Å². The van der Waals surface area contributed by atoms with Gasteiger partial charge in [-0.2, -0.15) is 4.98 Å². The van der Waals surface area contributed by atoms with Gasteiger partial charge in [-0.15, -0.1) is 0 Å². The molecular formula is C19H21N5O3. The number of hydrogen-bond donors (Lipinski definition) is 2. The van der Waals surface area contributed by atoms with Crippen molar-refractivity contribution in [1.82, 2.24) is 19.1 Å². The van der Waals surface area contributed by atoms with Crippen molar-refractivity contribution in [2.75, 3.05) is 18.5 Å². The first kappa shape index (κ1) is 16.3. The minimum absolute atomic E-state index is 0.0668. The first-order valence-electron chi connectivity index (χ1n) is 9.12. The number of nitrogens with zero attached hydrogens (tertiary/aromatic N) is 4. The lowest BCUT2D eigenvalue weighted by Gasteiger charge is -2.14. The summed E-state index contributed by atoms with van der Waals surface area (Å²) in [5, 5.41) is 13.1. The number of aliphatic hydroxyl groups is 1. The van der Waals surface area contributed by atoms with Gasteiger partial charge in [0.2, 0.25) is 5.95 Å². The molecule has 3 aromatic rings. The monoisotopic (exact) mass is 367 g/mol. The van der Waals surface area contributed by atoms with Crippen LogP contribution in [0.3, 0.4) is 0 Å². The van der Waals surface area contributed by atoms with Crippen molar-refractivity contribution in [2.45, 2.75) is 31.7 Å². The molecule has 0 radical (unpaired) electrons. The van der Waals surface area contributed by atoms with Crippen molar-refractivity contribution in [3.8, 4) is 5.75 Å². The standard InChI is InChI=1S/C19H21N5O3/c1-11-7-15-12(3-6-27-15)8-13(11)21-17-20-9-14-16(22-17)24(18(26)23(14)2)19(10-25)4-5-19/h7-9,25H,3-6,10H2,1-2H3,(H,20,21,22). The first-order chi connectivity index (χ1) is 13.0. The third kappa shape index (κ3) is 2.36. The molecule has 8 nitrogen and oxygen atoms in total. The molecule has 1 aliphatic carbocycles. The number of rotatable bonds is 4. The van der Waals surface area contributed by atoms with Gasteiger partial charge in [0, 0.05) is 19.2 Å². The summed E-state index contributed by atoms with van der Waals surface area (Å²) in [6.07, 6.45) is 4.10. The maximum atomic E-state index is 12.7. The zero-order valence-corrected chi connectivity index (χ0v) is 15.3. The van der Waals surface area contributed by atoms with E-state index < -0.39 is 5.54 Å². The summed E-state index contributed by atoms with van der Waals surface area (Å²) in [7, 11) is 1.70. The summed E-state index contributed by atoms with van der Waals surface area (Å²) in [5.41, 5.74) is 3.64. The molecule has 2 N–H and O–H groups in total. The van der Waals surface area contributed by atoms with E-state index >= 15 is 0 Å². The van der Waals surface area contributed by atoms with E-state index in [2.05, 4.69) is 21.4 Å². The highest BCUT2D eigenvalue weighted by Crippen LogP contribution is 2.43. The number of ether oxygens (including phenoxy) is 1. The van der Waals surface area contributed by atoms with Crippen molar-refractivity contribution in [3.05, 3.63) is 39.9 Å². The zero-order valence-electron chi connectivity index (χ0n) is 15.3. The summed E-state index contributed by atoms with van der Waals surface area (Å²) < 4.78 is 8.77. The third-order valence-electron chi connectivity index (χ3n) is 5.68. The van der Waals surface area contributed by atoms with Crippen molar-refractivity contribution >= 4 is 22.8 Å². The molecule has 1 aliphatic heterocycles. The Hall–Kier alpha value is -2.87.